The van der Waals surface area contributed by atoms with Gasteiger partial charge in [0.15, 0.2) is 0 Å². The maximum absolute atomic E-state index is 12.1. The zero-order chi connectivity index (χ0) is 12.8. The van der Waals surface area contributed by atoms with Gasteiger partial charge in [-0.15, -0.1) is 0 Å². The van der Waals surface area contributed by atoms with Crippen LogP contribution in [0.2, 0.25) is 0 Å². The Morgan fingerprint density at radius 1 is 1.29 bits per heavy atom. The molecule has 2 atom stereocenters. The largest absolute Gasteiger partial charge is 0.341 e. The van der Waals surface area contributed by atoms with Crippen LogP contribution in [0.25, 0.3) is 0 Å². The number of likely N-dealkylation sites (tertiary alicyclic amines) is 1. The van der Waals surface area contributed by atoms with Crippen molar-refractivity contribution < 1.29 is 4.79 Å². The molecule has 2 unspecified atom stereocenters. The average Bonchev–Trinajstić information content (AvgIpc) is 2.25. The van der Waals surface area contributed by atoms with Gasteiger partial charge >= 0.3 is 0 Å². The lowest BCUT2D eigenvalue weighted by atomic mass is 9.92. The molecule has 0 aliphatic carbocycles. The van der Waals surface area contributed by atoms with E-state index in [-0.39, 0.29) is 0 Å². The molecular weight excluding hydrogens is 212 g/mol. The highest BCUT2D eigenvalue weighted by Gasteiger charge is 2.25. The van der Waals surface area contributed by atoms with Crippen molar-refractivity contribution in [3.8, 4) is 0 Å². The molecule has 3 nitrogen and oxygen atoms in total. The predicted molar refractivity (Wildman–Crippen MR) is 71.9 cm³/mol. The van der Waals surface area contributed by atoms with Crippen LogP contribution in [0, 0.1) is 11.8 Å². The molecule has 0 aromatic carbocycles. The molecule has 1 aliphatic heterocycles. The minimum atomic E-state index is 0.307. The Morgan fingerprint density at radius 2 is 1.88 bits per heavy atom. The van der Waals surface area contributed by atoms with E-state index in [2.05, 4.69) is 30.6 Å². The maximum Gasteiger partial charge on any atom is 0.236 e. The Hall–Kier alpha value is -0.570. The molecular formula is C14H28N2O. The van der Waals surface area contributed by atoms with Gasteiger partial charge in [-0.05, 0) is 38.3 Å². The molecule has 1 fully saturated rings. The first-order chi connectivity index (χ1) is 8.02. The van der Waals surface area contributed by atoms with Gasteiger partial charge in [0, 0.05) is 13.1 Å². The van der Waals surface area contributed by atoms with Crippen LogP contribution in [0.3, 0.4) is 0 Å². The summed E-state index contributed by atoms with van der Waals surface area (Å²) in [6.45, 7) is 10.2. The molecule has 0 aromatic rings. The molecule has 0 bridgehead atoms. The summed E-state index contributed by atoms with van der Waals surface area (Å²) in [5.41, 5.74) is 0. The normalized spacial score (nSPS) is 25.4. The summed E-state index contributed by atoms with van der Waals surface area (Å²) in [7, 11) is 2.05. The molecule has 1 saturated heterocycles. The summed E-state index contributed by atoms with van der Waals surface area (Å²) in [6.07, 6.45) is 3.63. The zero-order valence-corrected chi connectivity index (χ0v) is 11.9. The summed E-state index contributed by atoms with van der Waals surface area (Å²) in [5.74, 6) is 1.62. The van der Waals surface area contributed by atoms with Crippen molar-refractivity contribution >= 4 is 5.91 Å². The molecule has 0 N–H and O–H groups in total. The minimum absolute atomic E-state index is 0.307. The molecule has 3 heteroatoms. The number of piperidine rings is 1. The summed E-state index contributed by atoms with van der Waals surface area (Å²) in [6, 6.07) is 0. The fourth-order valence-corrected chi connectivity index (χ4v) is 2.70. The summed E-state index contributed by atoms with van der Waals surface area (Å²) in [4.78, 5) is 16.4. The van der Waals surface area contributed by atoms with Crippen molar-refractivity contribution in [2.24, 2.45) is 11.8 Å². The Kier molecular flexibility index (Phi) is 5.96. The third-order valence-electron chi connectivity index (χ3n) is 3.52. The van der Waals surface area contributed by atoms with Gasteiger partial charge in [-0.2, -0.15) is 0 Å². The number of amides is 1. The number of rotatable bonds is 5. The second-order valence-corrected chi connectivity index (χ2v) is 5.84. The molecule has 0 radical (unpaired) electrons. The van der Waals surface area contributed by atoms with E-state index in [1.54, 1.807) is 0 Å². The molecule has 1 rings (SSSR count). The van der Waals surface area contributed by atoms with E-state index in [0.29, 0.717) is 24.3 Å². The van der Waals surface area contributed by atoms with E-state index in [9.17, 15) is 4.79 Å². The minimum Gasteiger partial charge on any atom is -0.341 e. The Balaban J connectivity index is 2.36. The van der Waals surface area contributed by atoms with Crippen LogP contribution in [-0.4, -0.2) is 48.9 Å². The highest BCUT2D eigenvalue weighted by Crippen LogP contribution is 2.20. The quantitative estimate of drug-likeness (QED) is 0.735. The highest BCUT2D eigenvalue weighted by atomic mass is 16.2. The van der Waals surface area contributed by atoms with Gasteiger partial charge in [-0.1, -0.05) is 27.2 Å². The SMILES string of the molecule is CCCCN(C)CC(=O)N1CC(C)CC(C)C1. The Morgan fingerprint density at radius 3 is 2.41 bits per heavy atom. The van der Waals surface area contributed by atoms with Crippen molar-refractivity contribution in [2.45, 2.75) is 40.0 Å². The van der Waals surface area contributed by atoms with Gasteiger partial charge in [0.05, 0.1) is 6.54 Å². The van der Waals surface area contributed by atoms with E-state index in [0.717, 1.165) is 19.6 Å². The number of likely N-dealkylation sites (N-methyl/N-ethyl adjacent to an activating group) is 1. The molecule has 1 amide bonds. The van der Waals surface area contributed by atoms with Crippen LogP contribution in [0.5, 0.6) is 0 Å². The lowest BCUT2D eigenvalue weighted by Gasteiger charge is -2.35. The molecule has 0 saturated carbocycles. The first-order valence-corrected chi connectivity index (χ1v) is 6.99. The lowest BCUT2D eigenvalue weighted by molar-refractivity contribution is -0.134. The molecule has 1 aliphatic rings. The monoisotopic (exact) mass is 240 g/mol. The molecule has 0 aromatic heterocycles. The van der Waals surface area contributed by atoms with Crippen LogP contribution >= 0.6 is 0 Å². The van der Waals surface area contributed by atoms with Crippen LogP contribution in [0.15, 0.2) is 0 Å². The van der Waals surface area contributed by atoms with Gasteiger partial charge < -0.3 is 4.90 Å². The van der Waals surface area contributed by atoms with E-state index >= 15 is 0 Å². The highest BCUT2D eigenvalue weighted by molar-refractivity contribution is 5.78. The summed E-state index contributed by atoms with van der Waals surface area (Å²) < 4.78 is 0. The summed E-state index contributed by atoms with van der Waals surface area (Å²) in [5, 5.41) is 0. The van der Waals surface area contributed by atoms with Crippen molar-refractivity contribution in [1.82, 2.24) is 9.80 Å². The van der Waals surface area contributed by atoms with Crippen molar-refractivity contribution in [3.63, 3.8) is 0 Å². The van der Waals surface area contributed by atoms with Gasteiger partial charge in [0.2, 0.25) is 5.91 Å². The smallest absolute Gasteiger partial charge is 0.236 e. The number of carbonyl (C=O) groups excluding carboxylic acids is 1. The molecule has 1 heterocycles. The van der Waals surface area contributed by atoms with Crippen LogP contribution in [-0.2, 0) is 4.79 Å². The standard InChI is InChI=1S/C14H28N2O/c1-5-6-7-15(4)11-14(17)16-9-12(2)8-13(3)10-16/h12-13H,5-11H2,1-4H3. The van der Waals surface area contributed by atoms with Gasteiger partial charge in [0.1, 0.15) is 0 Å². The number of carbonyl (C=O) groups is 1. The Labute approximate surface area is 106 Å². The number of nitrogens with zero attached hydrogens (tertiary/aromatic N) is 2. The first kappa shape index (κ1) is 14.5. The van der Waals surface area contributed by atoms with E-state index in [1.165, 1.54) is 19.3 Å². The van der Waals surface area contributed by atoms with E-state index < -0.39 is 0 Å². The number of unbranched alkanes of at least 4 members (excludes halogenated alkanes) is 1. The third-order valence-corrected chi connectivity index (χ3v) is 3.52. The second kappa shape index (κ2) is 7.00. The predicted octanol–water partition coefficient (Wildman–Crippen LogP) is 2.22. The van der Waals surface area contributed by atoms with Crippen LogP contribution < -0.4 is 0 Å². The fraction of sp³-hybridized carbons (Fsp3) is 0.929. The van der Waals surface area contributed by atoms with E-state index in [1.807, 2.05) is 7.05 Å². The van der Waals surface area contributed by atoms with Crippen molar-refractivity contribution in [2.75, 3.05) is 33.2 Å². The molecule has 100 valence electrons. The average molecular weight is 240 g/mol. The topological polar surface area (TPSA) is 23.6 Å². The summed E-state index contributed by atoms with van der Waals surface area (Å²) >= 11 is 0. The van der Waals surface area contributed by atoms with Crippen LogP contribution in [0.1, 0.15) is 40.0 Å². The fourth-order valence-electron chi connectivity index (χ4n) is 2.70. The van der Waals surface area contributed by atoms with E-state index in [4.69, 9.17) is 0 Å². The van der Waals surface area contributed by atoms with Gasteiger partial charge in [0.25, 0.3) is 0 Å². The Bertz CT molecular complexity index is 232. The van der Waals surface area contributed by atoms with Crippen molar-refractivity contribution in [3.05, 3.63) is 0 Å². The van der Waals surface area contributed by atoms with Gasteiger partial charge in [-0.3, -0.25) is 9.69 Å². The third kappa shape index (κ3) is 5.07. The molecule has 0 spiro atoms. The maximum atomic E-state index is 12.1. The second-order valence-electron chi connectivity index (χ2n) is 5.84. The molecule has 17 heavy (non-hydrogen) atoms. The lowest BCUT2D eigenvalue weighted by Crippen LogP contribution is -2.46. The zero-order valence-electron chi connectivity index (χ0n) is 11.9. The number of hydrogen-bond acceptors (Lipinski definition) is 2. The van der Waals surface area contributed by atoms with Crippen LogP contribution in [0.4, 0.5) is 0 Å². The first-order valence-electron chi connectivity index (χ1n) is 6.99. The van der Waals surface area contributed by atoms with Crippen molar-refractivity contribution in [1.29, 1.82) is 0 Å². The number of hydrogen-bond donors (Lipinski definition) is 0. The van der Waals surface area contributed by atoms with Gasteiger partial charge in [-0.25, -0.2) is 0 Å².